The molecule has 1 fully saturated rings. The molecule has 1 saturated heterocycles. The summed E-state index contributed by atoms with van der Waals surface area (Å²) < 4.78 is 76.6. The molecular formula is C27H25F6N5O6. The van der Waals surface area contributed by atoms with Crippen LogP contribution in [-0.4, -0.2) is 86.0 Å². The molecule has 0 radical (unpaired) electrons. The average molecular weight is 630 g/mol. The number of ether oxygens (including phenoxy) is 2. The molecule has 0 bridgehead atoms. The molecule has 1 aromatic carbocycles. The first-order valence-electron chi connectivity index (χ1n) is 12.5. The largest absolute Gasteiger partial charge is 0.497 e. The van der Waals surface area contributed by atoms with E-state index in [4.69, 9.17) is 29.3 Å². The quantitative estimate of drug-likeness (QED) is 0.300. The first kappa shape index (κ1) is 33.7. The highest BCUT2D eigenvalue weighted by Gasteiger charge is 2.38. The highest BCUT2D eigenvalue weighted by atomic mass is 19.4. The van der Waals surface area contributed by atoms with Crippen molar-refractivity contribution in [2.75, 3.05) is 26.8 Å². The van der Waals surface area contributed by atoms with Crippen LogP contribution in [0.1, 0.15) is 17.4 Å². The smallest absolute Gasteiger partial charge is 0.490 e. The number of halogens is 6. The highest BCUT2D eigenvalue weighted by Crippen LogP contribution is 2.27. The molecule has 0 amide bonds. The van der Waals surface area contributed by atoms with Crippen LogP contribution in [0.15, 0.2) is 67.1 Å². The Morgan fingerprint density at radius 2 is 1.61 bits per heavy atom. The molecule has 4 heterocycles. The number of hydrogen-bond acceptors (Lipinski definition) is 8. The van der Waals surface area contributed by atoms with Gasteiger partial charge in [0.25, 0.3) is 0 Å². The van der Waals surface area contributed by atoms with Crippen molar-refractivity contribution in [3.8, 4) is 16.9 Å². The summed E-state index contributed by atoms with van der Waals surface area (Å²) in [6.07, 6.45) is -4.66. The molecule has 2 N–H and O–H groups in total. The summed E-state index contributed by atoms with van der Waals surface area (Å²) in [5.41, 5.74) is 5.21. The van der Waals surface area contributed by atoms with Crippen molar-refractivity contribution in [1.29, 1.82) is 0 Å². The van der Waals surface area contributed by atoms with Crippen molar-refractivity contribution in [2.24, 2.45) is 0 Å². The molecule has 1 aliphatic heterocycles. The molecule has 1 atom stereocenters. The van der Waals surface area contributed by atoms with E-state index < -0.39 is 24.3 Å². The number of fused-ring (bicyclic) bond motifs is 1. The van der Waals surface area contributed by atoms with Crippen molar-refractivity contribution in [2.45, 2.75) is 25.0 Å². The zero-order valence-electron chi connectivity index (χ0n) is 22.8. The van der Waals surface area contributed by atoms with E-state index in [2.05, 4.69) is 44.5 Å². The molecule has 0 aliphatic carbocycles. The summed E-state index contributed by atoms with van der Waals surface area (Å²) >= 11 is 0. The number of rotatable bonds is 5. The van der Waals surface area contributed by atoms with Gasteiger partial charge in [0.05, 0.1) is 19.2 Å². The maximum atomic E-state index is 10.6. The van der Waals surface area contributed by atoms with Gasteiger partial charge in [-0.3, -0.25) is 9.88 Å². The summed E-state index contributed by atoms with van der Waals surface area (Å²) in [5.74, 6) is -4.64. The van der Waals surface area contributed by atoms with Gasteiger partial charge in [0, 0.05) is 49.4 Å². The van der Waals surface area contributed by atoms with E-state index in [0.717, 1.165) is 47.7 Å². The number of nitrogens with zero attached hydrogens (tertiary/aromatic N) is 5. The van der Waals surface area contributed by atoms with Gasteiger partial charge in [-0.2, -0.15) is 26.3 Å². The van der Waals surface area contributed by atoms with E-state index in [1.807, 2.05) is 41.2 Å². The Hall–Kier alpha value is -4.77. The fourth-order valence-electron chi connectivity index (χ4n) is 3.85. The lowest BCUT2D eigenvalue weighted by Gasteiger charge is -2.32. The number of aromatic nitrogens is 4. The standard InChI is InChI=1S/C23H23N5O2.2C2HF3O2/c1-29-20-7-4-17(5-8-20)14-27-11-12-30-22(16-27)23-21-9-6-19(15-28(21)26-25-23)18-3-2-10-24-13-18;2*3-2(4,5)1(6)7/h2-10,13,15,22H,11-12,14,16H2,1H3;2*(H,6,7). The predicted octanol–water partition coefficient (Wildman–Crippen LogP) is 4.64. The van der Waals surface area contributed by atoms with Crippen LogP contribution in [-0.2, 0) is 20.9 Å². The zero-order valence-corrected chi connectivity index (χ0v) is 22.8. The summed E-state index contributed by atoms with van der Waals surface area (Å²) in [4.78, 5) is 24.4. The van der Waals surface area contributed by atoms with E-state index >= 15 is 0 Å². The molecule has 5 rings (SSSR count). The molecule has 1 aliphatic rings. The minimum Gasteiger partial charge on any atom is -0.497 e. The minimum atomic E-state index is -5.08. The van der Waals surface area contributed by atoms with Crippen LogP contribution in [0.3, 0.4) is 0 Å². The zero-order chi connectivity index (χ0) is 32.5. The molecule has 44 heavy (non-hydrogen) atoms. The molecular weight excluding hydrogens is 604 g/mol. The number of methoxy groups -OCH3 is 1. The van der Waals surface area contributed by atoms with Crippen molar-refractivity contribution in [3.63, 3.8) is 0 Å². The fourth-order valence-corrected chi connectivity index (χ4v) is 3.85. The van der Waals surface area contributed by atoms with Crippen LogP contribution in [0.2, 0.25) is 0 Å². The molecule has 0 saturated carbocycles. The van der Waals surface area contributed by atoms with Gasteiger partial charge in [0.1, 0.15) is 17.5 Å². The third-order valence-electron chi connectivity index (χ3n) is 5.94. The predicted molar refractivity (Wildman–Crippen MR) is 141 cm³/mol. The summed E-state index contributed by atoms with van der Waals surface area (Å²) in [6.45, 7) is 3.22. The normalized spacial score (nSPS) is 15.4. The number of morpholine rings is 1. The van der Waals surface area contributed by atoms with E-state index in [-0.39, 0.29) is 6.10 Å². The Morgan fingerprint density at radius 3 is 2.16 bits per heavy atom. The average Bonchev–Trinajstić information content (AvgIpc) is 3.41. The molecule has 17 heteroatoms. The Morgan fingerprint density at radius 1 is 0.977 bits per heavy atom. The molecule has 4 aromatic rings. The van der Waals surface area contributed by atoms with Gasteiger partial charge in [-0.25, -0.2) is 14.1 Å². The number of aliphatic carboxylic acids is 2. The number of carboxylic acids is 2. The van der Waals surface area contributed by atoms with Crippen LogP contribution in [0.25, 0.3) is 16.6 Å². The van der Waals surface area contributed by atoms with Crippen molar-refractivity contribution in [1.82, 2.24) is 24.7 Å². The van der Waals surface area contributed by atoms with E-state index in [1.54, 1.807) is 13.3 Å². The third-order valence-corrected chi connectivity index (χ3v) is 5.94. The number of carbonyl (C=O) groups is 2. The maximum absolute atomic E-state index is 10.6. The second-order valence-electron chi connectivity index (χ2n) is 9.01. The van der Waals surface area contributed by atoms with Crippen LogP contribution >= 0.6 is 0 Å². The van der Waals surface area contributed by atoms with E-state index in [0.29, 0.717) is 6.61 Å². The van der Waals surface area contributed by atoms with Gasteiger partial charge in [-0.1, -0.05) is 29.5 Å². The van der Waals surface area contributed by atoms with Crippen LogP contribution in [0, 0.1) is 0 Å². The number of pyridine rings is 2. The summed E-state index contributed by atoms with van der Waals surface area (Å²) in [7, 11) is 1.69. The van der Waals surface area contributed by atoms with Gasteiger partial charge in [-0.05, 0) is 29.8 Å². The van der Waals surface area contributed by atoms with Gasteiger partial charge in [-0.15, -0.1) is 5.10 Å². The Bertz CT molecular complexity index is 1510. The topological polar surface area (TPSA) is 139 Å². The van der Waals surface area contributed by atoms with Crippen molar-refractivity contribution in [3.05, 3.63) is 78.4 Å². The van der Waals surface area contributed by atoms with Crippen LogP contribution in [0.5, 0.6) is 5.75 Å². The first-order valence-corrected chi connectivity index (χ1v) is 12.5. The molecule has 0 spiro atoms. The number of hydrogen-bond donors (Lipinski definition) is 2. The number of carboxylic acid groups (broad SMARTS) is 2. The van der Waals surface area contributed by atoms with Gasteiger partial charge >= 0.3 is 24.3 Å². The highest BCUT2D eigenvalue weighted by molar-refractivity contribution is 5.73. The maximum Gasteiger partial charge on any atom is 0.490 e. The van der Waals surface area contributed by atoms with E-state index in [1.165, 1.54) is 5.56 Å². The Balaban J connectivity index is 0.000000317. The monoisotopic (exact) mass is 629 g/mol. The van der Waals surface area contributed by atoms with Gasteiger partial charge < -0.3 is 19.7 Å². The van der Waals surface area contributed by atoms with Crippen LogP contribution < -0.4 is 4.74 Å². The summed E-state index contributed by atoms with van der Waals surface area (Å²) in [5, 5.41) is 23.0. The Kier molecular flexibility index (Phi) is 11.2. The molecule has 3 aromatic heterocycles. The first-order chi connectivity index (χ1) is 20.7. The van der Waals surface area contributed by atoms with Crippen LogP contribution in [0.4, 0.5) is 26.3 Å². The third kappa shape index (κ3) is 9.63. The summed E-state index contributed by atoms with van der Waals surface area (Å²) in [6, 6.07) is 16.3. The van der Waals surface area contributed by atoms with E-state index in [9.17, 15) is 26.3 Å². The van der Waals surface area contributed by atoms with Crippen molar-refractivity contribution >= 4 is 17.5 Å². The molecule has 11 nitrogen and oxygen atoms in total. The van der Waals surface area contributed by atoms with Gasteiger partial charge in [0.2, 0.25) is 0 Å². The molecule has 236 valence electrons. The second kappa shape index (κ2) is 14.6. The number of benzene rings is 1. The fraction of sp³-hybridized carbons (Fsp3) is 0.296. The second-order valence-corrected chi connectivity index (χ2v) is 9.01. The Labute approximate surface area is 245 Å². The minimum absolute atomic E-state index is 0.0984. The lowest BCUT2D eigenvalue weighted by Crippen LogP contribution is -2.38. The lowest BCUT2D eigenvalue weighted by molar-refractivity contribution is -0.193. The lowest BCUT2D eigenvalue weighted by atomic mass is 10.1. The SMILES string of the molecule is COc1ccc(CN2CCOC(c3nnn4cc(-c5cccnc5)ccc34)C2)cc1.O=C(O)C(F)(F)F.O=C(O)C(F)(F)F. The van der Waals surface area contributed by atoms with Gasteiger partial charge in [0.15, 0.2) is 0 Å². The van der Waals surface area contributed by atoms with Crippen molar-refractivity contribution < 1.29 is 55.6 Å². The molecule has 1 unspecified atom stereocenters. The number of alkyl halides is 6.